The Hall–Kier alpha value is -1.84. The number of fused-ring (bicyclic) bond motifs is 1. The summed E-state index contributed by atoms with van der Waals surface area (Å²) in [5, 5.41) is 9.57. The molecule has 4 heteroatoms. The number of para-hydroxylation sites is 1. The quantitative estimate of drug-likeness (QED) is 0.749. The van der Waals surface area contributed by atoms with Crippen LogP contribution in [0.5, 0.6) is 5.75 Å². The number of amides is 2. The van der Waals surface area contributed by atoms with Crippen LogP contribution in [0.15, 0.2) is 24.3 Å². The number of carbonyl (C=O) groups is 2. The summed E-state index contributed by atoms with van der Waals surface area (Å²) in [7, 11) is 0. The van der Waals surface area contributed by atoms with Gasteiger partial charge in [-0.3, -0.25) is 14.5 Å². The molecule has 2 fully saturated rings. The second kappa shape index (κ2) is 3.07. The molecule has 1 aromatic rings. The summed E-state index contributed by atoms with van der Waals surface area (Å²) in [6.07, 6.45) is 0.717. The fourth-order valence-electron chi connectivity index (χ4n) is 2.22. The van der Waals surface area contributed by atoms with Crippen LogP contribution in [0.3, 0.4) is 0 Å². The number of hydrogen-bond acceptors (Lipinski definition) is 3. The Balaban J connectivity index is 1.83. The van der Waals surface area contributed by atoms with Gasteiger partial charge in [-0.05, 0) is 12.5 Å². The van der Waals surface area contributed by atoms with Gasteiger partial charge >= 0.3 is 0 Å². The van der Waals surface area contributed by atoms with Crippen LogP contribution < -0.4 is 0 Å². The average Bonchev–Trinajstić information content (AvgIpc) is 3.02. The molecule has 2 unspecified atom stereocenters. The first-order valence-corrected chi connectivity index (χ1v) is 5.30. The molecular formula is C12H11NO3. The van der Waals surface area contributed by atoms with Crippen LogP contribution in [0.25, 0.3) is 0 Å². The number of benzene rings is 1. The van der Waals surface area contributed by atoms with E-state index < -0.39 is 0 Å². The third kappa shape index (κ3) is 1.23. The lowest BCUT2D eigenvalue weighted by Crippen LogP contribution is -2.32. The minimum absolute atomic E-state index is 0.0710. The highest BCUT2D eigenvalue weighted by Gasteiger charge is 2.58. The molecule has 1 heterocycles. The van der Waals surface area contributed by atoms with Crippen LogP contribution >= 0.6 is 0 Å². The van der Waals surface area contributed by atoms with Crippen molar-refractivity contribution in [3.05, 3.63) is 29.8 Å². The SMILES string of the molecule is O=C1C2CC2C(=O)N1Cc1ccccc1O. The van der Waals surface area contributed by atoms with Crippen molar-refractivity contribution in [2.45, 2.75) is 13.0 Å². The largest absolute Gasteiger partial charge is 0.508 e. The zero-order chi connectivity index (χ0) is 11.3. The molecule has 1 aliphatic carbocycles. The molecule has 1 N–H and O–H groups in total. The van der Waals surface area contributed by atoms with Gasteiger partial charge in [-0.25, -0.2) is 0 Å². The second-order valence-electron chi connectivity index (χ2n) is 4.34. The number of carbonyl (C=O) groups excluding carboxylic acids is 2. The zero-order valence-electron chi connectivity index (χ0n) is 8.59. The van der Waals surface area contributed by atoms with E-state index in [0.717, 1.165) is 6.42 Å². The predicted octanol–water partition coefficient (Wildman–Crippen LogP) is 0.897. The maximum atomic E-state index is 11.7. The molecule has 3 rings (SSSR count). The third-order valence-electron chi connectivity index (χ3n) is 3.28. The maximum absolute atomic E-state index is 11.7. The first-order valence-electron chi connectivity index (χ1n) is 5.30. The van der Waals surface area contributed by atoms with Crippen LogP contribution in [0, 0.1) is 11.8 Å². The Labute approximate surface area is 92.5 Å². The van der Waals surface area contributed by atoms with Gasteiger partial charge in [0.25, 0.3) is 0 Å². The van der Waals surface area contributed by atoms with Crippen LogP contribution in [0.4, 0.5) is 0 Å². The molecule has 1 aromatic carbocycles. The number of rotatable bonds is 2. The number of piperidine rings is 1. The molecule has 4 nitrogen and oxygen atoms in total. The van der Waals surface area contributed by atoms with Crippen LogP contribution in [0.1, 0.15) is 12.0 Å². The highest BCUT2D eigenvalue weighted by Crippen LogP contribution is 2.47. The van der Waals surface area contributed by atoms with Crippen molar-refractivity contribution in [1.29, 1.82) is 0 Å². The van der Waals surface area contributed by atoms with E-state index >= 15 is 0 Å². The second-order valence-corrected chi connectivity index (χ2v) is 4.34. The van der Waals surface area contributed by atoms with E-state index in [9.17, 15) is 14.7 Å². The number of phenols is 1. The molecule has 0 radical (unpaired) electrons. The van der Waals surface area contributed by atoms with Gasteiger partial charge in [0, 0.05) is 5.56 Å². The molecular weight excluding hydrogens is 206 g/mol. The number of phenolic OH excluding ortho intramolecular Hbond substituents is 1. The Bertz CT molecular complexity index is 463. The van der Waals surface area contributed by atoms with Gasteiger partial charge in [-0.15, -0.1) is 0 Å². The molecule has 16 heavy (non-hydrogen) atoms. The van der Waals surface area contributed by atoms with Crippen LogP contribution in [-0.4, -0.2) is 21.8 Å². The zero-order valence-corrected chi connectivity index (χ0v) is 8.59. The van der Waals surface area contributed by atoms with E-state index in [1.54, 1.807) is 24.3 Å². The fraction of sp³-hybridized carbons (Fsp3) is 0.333. The van der Waals surface area contributed by atoms with Crippen LogP contribution in [0.2, 0.25) is 0 Å². The van der Waals surface area contributed by atoms with E-state index in [1.165, 1.54) is 4.90 Å². The molecule has 1 saturated carbocycles. The molecule has 82 valence electrons. The fourth-order valence-corrected chi connectivity index (χ4v) is 2.22. The topological polar surface area (TPSA) is 57.6 Å². The normalized spacial score (nSPS) is 27.1. The van der Waals surface area contributed by atoms with Crippen molar-refractivity contribution >= 4 is 11.8 Å². The Kier molecular flexibility index (Phi) is 1.80. The lowest BCUT2D eigenvalue weighted by atomic mass is 10.2. The van der Waals surface area contributed by atoms with E-state index in [4.69, 9.17) is 0 Å². The number of nitrogens with zero attached hydrogens (tertiary/aromatic N) is 1. The summed E-state index contributed by atoms with van der Waals surface area (Å²) in [4.78, 5) is 24.7. The minimum Gasteiger partial charge on any atom is -0.508 e. The summed E-state index contributed by atoms with van der Waals surface area (Å²) < 4.78 is 0. The Morgan fingerprint density at radius 2 is 1.81 bits per heavy atom. The number of hydrogen-bond donors (Lipinski definition) is 1. The summed E-state index contributed by atoms with van der Waals surface area (Å²) in [6.45, 7) is 0.192. The van der Waals surface area contributed by atoms with Gasteiger partial charge in [0.15, 0.2) is 0 Å². The molecule has 2 amide bonds. The van der Waals surface area contributed by atoms with Crippen molar-refractivity contribution in [3.8, 4) is 5.75 Å². The van der Waals surface area contributed by atoms with Crippen molar-refractivity contribution in [2.75, 3.05) is 0 Å². The predicted molar refractivity (Wildman–Crippen MR) is 55.3 cm³/mol. The lowest BCUT2D eigenvalue weighted by molar-refractivity contribution is -0.142. The maximum Gasteiger partial charge on any atom is 0.233 e. The van der Waals surface area contributed by atoms with Crippen molar-refractivity contribution in [3.63, 3.8) is 0 Å². The van der Waals surface area contributed by atoms with Gasteiger partial charge in [0.1, 0.15) is 5.75 Å². The number of imide groups is 1. The van der Waals surface area contributed by atoms with Crippen molar-refractivity contribution in [1.82, 2.24) is 4.90 Å². The first-order chi connectivity index (χ1) is 7.68. The van der Waals surface area contributed by atoms with Gasteiger partial charge < -0.3 is 5.11 Å². The Morgan fingerprint density at radius 1 is 1.19 bits per heavy atom. The summed E-state index contributed by atoms with van der Waals surface area (Å²) in [5.74, 6) is -0.183. The molecule has 1 aliphatic heterocycles. The molecule has 0 bridgehead atoms. The summed E-state index contributed by atoms with van der Waals surface area (Å²) in [5.41, 5.74) is 0.616. The molecule has 0 aromatic heterocycles. The van der Waals surface area contributed by atoms with Gasteiger partial charge in [0.05, 0.1) is 18.4 Å². The smallest absolute Gasteiger partial charge is 0.233 e. The van der Waals surface area contributed by atoms with Crippen molar-refractivity contribution in [2.24, 2.45) is 11.8 Å². The molecule has 2 aliphatic rings. The highest BCUT2D eigenvalue weighted by atomic mass is 16.3. The van der Waals surface area contributed by atoms with E-state index in [1.807, 2.05) is 0 Å². The standard InChI is InChI=1S/C12H11NO3/c14-10-4-2-1-3-7(10)6-13-11(15)8-5-9(8)12(13)16/h1-4,8-9,14H,5-6H2. The van der Waals surface area contributed by atoms with Gasteiger partial charge in [-0.2, -0.15) is 0 Å². The first kappa shape index (κ1) is 9.39. The van der Waals surface area contributed by atoms with E-state index in [-0.39, 0.29) is 35.9 Å². The number of aromatic hydroxyl groups is 1. The monoisotopic (exact) mass is 217 g/mol. The third-order valence-corrected chi connectivity index (χ3v) is 3.28. The molecule has 0 spiro atoms. The van der Waals surface area contributed by atoms with E-state index in [2.05, 4.69) is 0 Å². The minimum atomic E-state index is -0.0850. The van der Waals surface area contributed by atoms with E-state index in [0.29, 0.717) is 5.56 Å². The number of likely N-dealkylation sites (tertiary alicyclic amines) is 1. The summed E-state index contributed by atoms with van der Waals surface area (Å²) in [6, 6.07) is 6.77. The van der Waals surface area contributed by atoms with Gasteiger partial charge in [0.2, 0.25) is 11.8 Å². The van der Waals surface area contributed by atoms with Gasteiger partial charge in [-0.1, -0.05) is 18.2 Å². The average molecular weight is 217 g/mol. The molecule has 2 atom stereocenters. The van der Waals surface area contributed by atoms with Crippen molar-refractivity contribution < 1.29 is 14.7 Å². The lowest BCUT2D eigenvalue weighted by Gasteiger charge is -2.16. The molecule has 1 saturated heterocycles. The van der Waals surface area contributed by atoms with Crippen LogP contribution in [-0.2, 0) is 16.1 Å². The highest BCUT2D eigenvalue weighted by molar-refractivity contribution is 6.08. The summed E-state index contributed by atoms with van der Waals surface area (Å²) >= 11 is 0. The Morgan fingerprint density at radius 3 is 2.44 bits per heavy atom.